The van der Waals surface area contributed by atoms with Crippen LogP contribution in [0, 0.1) is 0 Å². The van der Waals surface area contributed by atoms with Crippen LogP contribution < -0.4 is 0 Å². The second-order valence-electron chi connectivity index (χ2n) is 4.88. The predicted molar refractivity (Wildman–Crippen MR) is 80.4 cm³/mol. The fourth-order valence-corrected chi connectivity index (χ4v) is 4.16. The third kappa shape index (κ3) is 1.86. The van der Waals surface area contributed by atoms with Crippen molar-refractivity contribution in [1.82, 2.24) is 20.6 Å². The molecule has 6 nitrogen and oxygen atoms in total. The molecule has 0 unspecified atom stereocenters. The maximum absolute atomic E-state index is 12.9. The van der Waals surface area contributed by atoms with Crippen LogP contribution in [-0.2, 0) is 9.84 Å². The van der Waals surface area contributed by atoms with E-state index in [0.717, 1.165) is 0 Å². The van der Waals surface area contributed by atoms with Gasteiger partial charge in [0, 0.05) is 5.56 Å². The molecular formula is C15H10N4O2S. The highest BCUT2D eigenvalue weighted by molar-refractivity contribution is 7.91. The third-order valence-corrected chi connectivity index (χ3v) is 5.46. The van der Waals surface area contributed by atoms with Gasteiger partial charge < -0.3 is 0 Å². The number of benzene rings is 2. The summed E-state index contributed by atoms with van der Waals surface area (Å²) < 4.78 is 25.9. The van der Waals surface area contributed by atoms with Crippen LogP contribution in [0.15, 0.2) is 52.3 Å². The van der Waals surface area contributed by atoms with E-state index < -0.39 is 9.84 Å². The van der Waals surface area contributed by atoms with Gasteiger partial charge in [0.25, 0.3) is 0 Å². The molecule has 1 aliphatic heterocycles. The quantitative estimate of drug-likeness (QED) is 0.582. The van der Waals surface area contributed by atoms with Crippen LogP contribution in [0.4, 0.5) is 0 Å². The maximum Gasteiger partial charge on any atom is 0.207 e. The van der Waals surface area contributed by atoms with Gasteiger partial charge in [-0.3, -0.25) is 0 Å². The molecule has 1 aromatic heterocycles. The van der Waals surface area contributed by atoms with Crippen LogP contribution in [0.3, 0.4) is 0 Å². The van der Waals surface area contributed by atoms with E-state index in [2.05, 4.69) is 20.6 Å². The highest BCUT2D eigenvalue weighted by Crippen LogP contribution is 2.33. The zero-order chi connectivity index (χ0) is 15.2. The molecule has 0 aliphatic carbocycles. The molecule has 0 saturated carbocycles. The molecule has 3 aromatic rings. The summed E-state index contributed by atoms with van der Waals surface area (Å²) >= 11 is 0. The van der Waals surface area contributed by atoms with E-state index in [-0.39, 0.29) is 4.90 Å². The van der Waals surface area contributed by atoms with Gasteiger partial charge in [0.2, 0.25) is 9.84 Å². The van der Waals surface area contributed by atoms with E-state index in [4.69, 9.17) is 0 Å². The number of nitrogens with zero attached hydrogens (tertiary/aromatic N) is 3. The van der Waals surface area contributed by atoms with Crippen molar-refractivity contribution in [2.45, 2.75) is 9.79 Å². The Balaban J connectivity index is 2.00. The molecule has 7 heteroatoms. The van der Waals surface area contributed by atoms with Gasteiger partial charge in [0.1, 0.15) is 0 Å². The fourth-order valence-electron chi connectivity index (χ4n) is 2.49. The lowest BCUT2D eigenvalue weighted by molar-refractivity contribution is 0.596. The number of nitrogens with one attached hydrogen (secondary N) is 1. The highest BCUT2D eigenvalue weighted by atomic mass is 32.2. The van der Waals surface area contributed by atoms with Crippen molar-refractivity contribution in [2.24, 2.45) is 0 Å². The number of hydrogen-bond acceptors (Lipinski definition) is 5. The Hall–Kier alpha value is -2.80. The predicted octanol–water partition coefficient (Wildman–Crippen LogP) is 2.18. The van der Waals surface area contributed by atoms with Crippen molar-refractivity contribution in [3.05, 3.63) is 53.6 Å². The molecule has 2 heterocycles. The van der Waals surface area contributed by atoms with E-state index in [9.17, 15) is 8.42 Å². The highest BCUT2D eigenvalue weighted by Gasteiger charge is 2.25. The van der Waals surface area contributed by atoms with Crippen LogP contribution in [-0.4, -0.2) is 29.0 Å². The van der Waals surface area contributed by atoms with E-state index in [0.29, 0.717) is 27.4 Å². The average molecular weight is 310 g/mol. The zero-order valence-electron chi connectivity index (χ0n) is 11.3. The summed E-state index contributed by atoms with van der Waals surface area (Å²) in [5.74, 6) is 0.430. The van der Waals surface area contributed by atoms with Crippen molar-refractivity contribution >= 4 is 22.0 Å². The minimum atomic E-state index is -3.60. The van der Waals surface area contributed by atoms with Gasteiger partial charge in [-0.05, 0) is 33.7 Å². The van der Waals surface area contributed by atoms with E-state index in [1.807, 2.05) is 12.1 Å². The zero-order valence-corrected chi connectivity index (χ0v) is 12.1. The number of rotatable bonds is 1. The first-order valence-electron chi connectivity index (χ1n) is 6.56. The van der Waals surface area contributed by atoms with Gasteiger partial charge in [-0.1, -0.05) is 42.5 Å². The topological polar surface area (TPSA) is 88.6 Å². The van der Waals surface area contributed by atoms with Gasteiger partial charge in [-0.25, -0.2) is 13.5 Å². The Morgan fingerprint density at radius 2 is 1.68 bits per heavy atom. The Kier molecular flexibility index (Phi) is 2.70. The number of fused-ring (bicyclic) bond motifs is 2. The monoisotopic (exact) mass is 310 g/mol. The van der Waals surface area contributed by atoms with Crippen molar-refractivity contribution in [3.8, 4) is 11.4 Å². The Labute approximate surface area is 126 Å². The summed E-state index contributed by atoms with van der Waals surface area (Å²) in [6.07, 6.45) is 3.62. The number of aromatic nitrogens is 4. The molecular weight excluding hydrogens is 300 g/mol. The standard InChI is InChI=1S/C15H10N4O2S/c20-22(21)13-4-2-1-3-10(13)5-6-11-7-8-12(9-14(11)22)15-16-18-19-17-15/h1-9H,(H,16,17,18,19). The Morgan fingerprint density at radius 1 is 0.909 bits per heavy atom. The second kappa shape index (κ2) is 4.60. The van der Waals surface area contributed by atoms with Crippen LogP contribution >= 0.6 is 0 Å². The molecule has 1 N–H and O–H groups in total. The molecule has 108 valence electrons. The number of hydrogen-bond donors (Lipinski definition) is 1. The van der Waals surface area contributed by atoms with Gasteiger partial charge in [-0.2, -0.15) is 0 Å². The first-order chi connectivity index (χ1) is 10.7. The lowest BCUT2D eigenvalue weighted by Gasteiger charge is -2.09. The molecule has 22 heavy (non-hydrogen) atoms. The summed E-state index contributed by atoms with van der Waals surface area (Å²) in [5.41, 5.74) is 1.95. The minimum absolute atomic E-state index is 0.252. The smallest absolute Gasteiger partial charge is 0.207 e. The van der Waals surface area contributed by atoms with Crippen LogP contribution in [0.5, 0.6) is 0 Å². The Morgan fingerprint density at radius 3 is 2.45 bits per heavy atom. The van der Waals surface area contributed by atoms with Crippen LogP contribution in [0.25, 0.3) is 23.5 Å². The van der Waals surface area contributed by atoms with Crippen molar-refractivity contribution in [3.63, 3.8) is 0 Å². The minimum Gasteiger partial charge on any atom is -0.239 e. The van der Waals surface area contributed by atoms with Crippen molar-refractivity contribution in [2.75, 3.05) is 0 Å². The SMILES string of the molecule is O=S1(=O)c2ccccc2C=Cc2ccc(-c3nnn[nH]3)cc21. The van der Waals surface area contributed by atoms with E-state index in [1.54, 1.807) is 42.5 Å². The normalized spacial score (nSPS) is 14.9. The third-order valence-electron chi connectivity index (χ3n) is 3.57. The molecule has 0 saturated heterocycles. The molecule has 2 aromatic carbocycles. The first kappa shape index (κ1) is 12.9. The molecule has 0 radical (unpaired) electrons. The van der Waals surface area contributed by atoms with Gasteiger partial charge in [0.15, 0.2) is 5.82 Å². The lowest BCUT2D eigenvalue weighted by Crippen LogP contribution is -2.05. The number of H-pyrrole nitrogens is 1. The molecule has 1 aliphatic rings. The second-order valence-corrected chi connectivity index (χ2v) is 6.76. The van der Waals surface area contributed by atoms with Crippen LogP contribution in [0.2, 0.25) is 0 Å². The summed E-state index contributed by atoms with van der Waals surface area (Å²) in [5, 5.41) is 13.5. The van der Waals surface area contributed by atoms with E-state index in [1.165, 1.54) is 0 Å². The fraction of sp³-hybridized carbons (Fsp3) is 0. The molecule has 0 fully saturated rings. The summed E-state index contributed by atoms with van der Waals surface area (Å²) in [7, 11) is -3.60. The van der Waals surface area contributed by atoms with Gasteiger partial charge in [0.05, 0.1) is 9.79 Å². The Bertz CT molecular complexity index is 992. The van der Waals surface area contributed by atoms with E-state index >= 15 is 0 Å². The molecule has 0 atom stereocenters. The van der Waals surface area contributed by atoms with Gasteiger partial charge >= 0.3 is 0 Å². The number of tetrazole rings is 1. The largest absolute Gasteiger partial charge is 0.239 e. The van der Waals surface area contributed by atoms with Crippen LogP contribution in [0.1, 0.15) is 11.1 Å². The molecule has 4 rings (SSSR count). The van der Waals surface area contributed by atoms with Crippen molar-refractivity contribution < 1.29 is 8.42 Å². The summed E-state index contributed by atoms with van der Waals surface area (Å²) in [6.45, 7) is 0. The summed E-state index contributed by atoms with van der Waals surface area (Å²) in [4.78, 5) is 0.556. The molecule has 0 bridgehead atoms. The van der Waals surface area contributed by atoms with Crippen molar-refractivity contribution in [1.29, 1.82) is 0 Å². The lowest BCUT2D eigenvalue weighted by atomic mass is 10.1. The molecule has 0 spiro atoms. The first-order valence-corrected chi connectivity index (χ1v) is 8.05. The number of sulfone groups is 1. The molecule has 0 amide bonds. The maximum atomic E-state index is 12.9. The summed E-state index contributed by atoms with van der Waals surface area (Å²) in [6, 6.07) is 12.1. The van der Waals surface area contributed by atoms with Gasteiger partial charge in [-0.15, -0.1) is 5.10 Å². The number of aromatic amines is 1. The average Bonchev–Trinajstić information content (AvgIpc) is 3.04.